The molecule has 2 aliphatic rings. The normalized spacial score (nSPS) is 17.9. The second-order valence-electron chi connectivity index (χ2n) is 7.00. The molecule has 2 aliphatic heterocycles. The third kappa shape index (κ3) is 3.52. The first-order chi connectivity index (χ1) is 14.0. The highest BCUT2D eigenvalue weighted by Crippen LogP contribution is 2.34. The van der Waals surface area contributed by atoms with Gasteiger partial charge in [-0.2, -0.15) is 0 Å². The number of hydrogen-bond acceptors (Lipinski definition) is 5. The van der Waals surface area contributed by atoms with E-state index in [4.69, 9.17) is 16.4 Å². The predicted molar refractivity (Wildman–Crippen MR) is 103 cm³/mol. The van der Waals surface area contributed by atoms with Gasteiger partial charge in [0.15, 0.2) is 0 Å². The van der Waals surface area contributed by atoms with Crippen molar-refractivity contribution in [3.8, 4) is 0 Å². The number of hydroxylamine groups is 2. The smallest absolute Gasteiger partial charge is 0.328 e. The van der Waals surface area contributed by atoms with E-state index in [-0.39, 0.29) is 21.7 Å². The Morgan fingerprint density at radius 1 is 0.966 bits per heavy atom. The zero-order valence-corrected chi connectivity index (χ0v) is 16.2. The van der Waals surface area contributed by atoms with Crippen molar-refractivity contribution in [3.63, 3.8) is 0 Å². The van der Waals surface area contributed by atoms with Crippen LogP contribution in [-0.4, -0.2) is 40.8 Å². The van der Waals surface area contributed by atoms with Crippen LogP contribution < -0.4 is 0 Å². The molecule has 2 aromatic carbocycles. The SMILES string of the molecule is O=C(ON1C(=O)c2ccccc2C1=O)C(c1c(F)cccc1Cl)N1CCCCC1. The van der Waals surface area contributed by atoms with Gasteiger partial charge in [-0.3, -0.25) is 14.5 Å². The highest BCUT2D eigenvalue weighted by molar-refractivity contribution is 6.31. The minimum atomic E-state index is -1.16. The van der Waals surface area contributed by atoms with E-state index >= 15 is 0 Å². The molecule has 0 saturated carbocycles. The second-order valence-corrected chi connectivity index (χ2v) is 7.40. The summed E-state index contributed by atoms with van der Waals surface area (Å²) in [5.74, 6) is -3.02. The van der Waals surface area contributed by atoms with Gasteiger partial charge in [0.2, 0.25) is 0 Å². The van der Waals surface area contributed by atoms with Gasteiger partial charge < -0.3 is 4.84 Å². The van der Waals surface area contributed by atoms with E-state index in [0.29, 0.717) is 18.2 Å². The molecule has 150 valence electrons. The van der Waals surface area contributed by atoms with Crippen LogP contribution in [0.4, 0.5) is 4.39 Å². The average molecular weight is 417 g/mol. The number of amides is 2. The predicted octanol–water partition coefficient (Wildman–Crippen LogP) is 3.76. The molecule has 0 spiro atoms. The minimum Gasteiger partial charge on any atom is -0.328 e. The summed E-state index contributed by atoms with van der Waals surface area (Å²) >= 11 is 6.21. The van der Waals surface area contributed by atoms with Gasteiger partial charge in [-0.25, -0.2) is 9.18 Å². The zero-order valence-electron chi connectivity index (χ0n) is 15.4. The lowest BCUT2D eigenvalue weighted by atomic mass is 10.0. The molecule has 0 bridgehead atoms. The Morgan fingerprint density at radius 2 is 1.59 bits per heavy atom. The van der Waals surface area contributed by atoms with Crippen molar-refractivity contribution >= 4 is 29.4 Å². The van der Waals surface area contributed by atoms with E-state index in [1.807, 2.05) is 0 Å². The van der Waals surface area contributed by atoms with Gasteiger partial charge in [0.05, 0.1) is 11.1 Å². The molecule has 2 heterocycles. The number of rotatable bonds is 4. The van der Waals surface area contributed by atoms with Gasteiger partial charge in [0.25, 0.3) is 11.8 Å². The molecule has 1 unspecified atom stereocenters. The second kappa shape index (κ2) is 7.93. The van der Waals surface area contributed by atoms with E-state index < -0.39 is 29.6 Å². The van der Waals surface area contributed by atoms with Crippen molar-refractivity contribution in [2.45, 2.75) is 25.3 Å². The Hall–Kier alpha value is -2.77. The average Bonchev–Trinajstić information content (AvgIpc) is 2.96. The number of likely N-dealkylation sites (tertiary alicyclic amines) is 1. The Labute approximate surface area is 171 Å². The number of carbonyl (C=O) groups is 3. The topological polar surface area (TPSA) is 66.9 Å². The number of halogens is 2. The quantitative estimate of drug-likeness (QED) is 0.710. The van der Waals surface area contributed by atoms with Gasteiger partial charge in [-0.1, -0.05) is 41.3 Å². The maximum Gasteiger partial charge on any atom is 0.354 e. The van der Waals surface area contributed by atoms with E-state index in [2.05, 4.69) is 0 Å². The van der Waals surface area contributed by atoms with Crippen LogP contribution in [0.2, 0.25) is 5.02 Å². The fourth-order valence-electron chi connectivity index (χ4n) is 3.79. The first-order valence-electron chi connectivity index (χ1n) is 9.36. The highest BCUT2D eigenvalue weighted by Gasteiger charge is 2.42. The lowest BCUT2D eigenvalue weighted by Crippen LogP contribution is -2.42. The lowest BCUT2D eigenvalue weighted by Gasteiger charge is -2.34. The Kier molecular flexibility index (Phi) is 5.34. The van der Waals surface area contributed by atoms with Crippen molar-refractivity contribution < 1.29 is 23.6 Å². The first kappa shape index (κ1) is 19.5. The van der Waals surface area contributed by atoms with Crippen LogP contribution in [0.15, 0.2) is 42.5 Å². The van der Waals surface area contributed by atoms with Crippen LogP contribution in [0.3, 0.4) is 0 Å². The largest absolute Gasteiger partial charge is 0.354 e. The molecule has 2 aromatic rings. The van der Waals surface area contributed by atoms with Crippen molar-refractivity contribution in [2.24, 2.45) is 0 Å². The van der Waals surface area contributed by atoms with Crippen LogP contribution in [0.5, 0.6) is 0 Å². The lowest BCUT2D eigenvalue weighted by molar-refractivity contribution is -0.176. The number of imide groups is 1. The molecule has 0 radical (unpaired) electrons. The van der Waals surface area contributed by atoms with Crippen molar-refractivity contribution in [3.05, 3.63) is 70.0 Å². The molecule has 6 nitrogen and oxygen atoms in total. The maximum absolute atomic E-state index is 14.6. The fraction of sp³-hybridized carbons (Fsp3) is 0.286. The first-order valence-corrected chi connectivity index (χ1v) is 9.74. The van der Waals surface area contributed by atoms with Gasteiger partial charge in [0.1, 0.15) is 11.9 Å². The van der Waals surface area contributed by atoms with Gasteiger partial charge >= 0.3 is 5.97 Å². The van der Waals surface area contributed by atoms with Gasteiger partial charge in [-0.05, 0) is 50.2 Å². The summed E-state index contributed by atoms with van der Waals surface area (Å²) in [5, 5.41) is 0.526. The Bertz CT molecular complexity index is 935. The van der Waals surface area contributed by atoms with Crippen molar-refractivity contribution in [1.82, 2.24) is 9.96 Å². The van der Waals surface area contributed by atoms with Crippen molar-refractivity contribution in [2.75, 3.05) is 13.1 Å². The zero-order chi connectivity index (χ0) is 20.5. The number of carbonyl (C=O) groups excluding carboxylic acids is 3. The molecule has 1 fully saturated rings. The molecule has 0 aromatic heterocycles. The Balaban J connectivity index is 1.66. The fourth-order valence-corrected chi connectivity index (χ4v) is 4.05. The molecular formula is C21H18ClFN2O4. The summed E-state index contributed by atoms with van der Waals surface area (Å²) in [4.78, 5) is 45.2. The molecule has 1 saturated heterocycles. The number of benzene rings is 2. The molecule has 2 amide bonds. The Morgan fingerprint density at radius 3 is 2.17 bits per heavy atom. The molecular weight excluding hydrogens is 399 g/mol. The standard InChI is InChI=1S/C21H18ClFN2O4/c22-15-9-6-10-16(23)17(15)18(24-11-4-1-5-12-24)21(28)29-25-19(26)13-7-2-3-8-14(13)20(25)27/h2-3,6-10,18H,1,4-5,11-12H2. The van der Waals surface area contributed by atoms with Crippen molar-refractivity contribution in [1.29, 1.82) is 0 Å². The van der Waals surface area contributed by atoms with Crippen LogP contribution in [0.25, 0.3) is 0 Å². The number of piperidine rings is 1. The number of fused-ring (bicyclic) bond motifs is 1. The molecule has 0 N–H and O–H groups in total. The van der Waals surface area contributed by atoms with E-state index in [1.54, 1.807) is 17.0 Å². The third-order valence-electron chi connectivity index (χ3n) is 5.19. The summed E-state index contributed by atoms with van der Waals surface area (Å²) in [6.07, 6.45) is 2.67. The minimum absolute atomic E-state index is 0.0160. The van der Waals surface area contributed by atoms with Gasteiger partial charge in [-0.15, -0.1) is 0 Å². The number of nitrogens with zero attached hydrogens (tertiary/aromatic N) is 2. The molecule has 0 aliphatic carbocycles. The molecule has 1 atom stereocenters. The van der Waals surface area contributed by atoms with Crippen LogP contribution >= 0.6 is 11.6 Å². The van der Waals surface area contributed by atoms with Crippen LogP contribution in [0, 0.1) is 5.82 Å². The van der Waals surface area contributed by atoms with Crippen LogP contribution in [0.1, 0.15) is 51.6 Å². The summed E-state index contributed by atoms with van der Waals surface area (Å²) < 4.78 is 14.6. The monoisotopic (exact) mass is 416 g/mol. The molecule has 4 rings (SSSR count). The highest BCUT2D eigenvalue weighted by atomic mass is 35.5. The summed E-state index contributed by atoms with van der Waals surface area (Å²) in [6.45, 7) is 1.10. The van der Waals surface area contributed by atoms with Crippen LogP contribution in [-0.2, 0) is 9.63 Å². The third-order valence-corrected chi connectivity index (χ3v) is 5.52. The van der Waals surface area contributed by atoms with E-state index in [0.717, 1.165) is 19.3 Å². The van der Waals surface area contributed by atoms with E-state index in [9.17, 15) is 18.8 Å². The van der Waals surface area contributed by atoms with Gasteiger partial charge in [0, 0.05) is 10.6 Å². The molecule has 29 heavy (non-hydrogen) atoms. The van der Waals surface area contributed by atoms with E-state index in [1.165, 1.54) is 30.3 Å². The molecule has 8 heteroatoms. The number of hydrogen-bond donors (Lipinski definition) is 0. The maximum atomic E-state index is 14.6. The summed E-state index contributed by atoms with van der Waals surface area (Å²) in [5.41, 5.74) is 0.296. The summed E-state index contributed by atoms with van der Waals surface area (Å²) in [7, 11) is 0. The summed E-state index contributed by atoms with van der Waals surface area (Å²) in [6, 6.07) is 9.20.